The van der Waals surface area contributed by atoms with Gasteiger partial charge in [-0.15, -0.1) is 0 Å². The Morgan fingerprint density at radius 3 is 1.97 bits per heavy atom. The zero-order chi connectivity index (χ0) is 20.8. The van der Waals surface area contributed by atoms with Gasteiger partial charge < -0.3 is 24.5 Å². The zero-order valence-corrected chi connectivity index (χ0v) is 15.5. The second-order valence-corrected chi connectivity index (χ2v) is 7.02. The van der Waals surface area contributed by atoms with Crippen molar-refractivity contribution in [3.05, 3.63) is 83.7 Å². The highest BCUT2D eigenvalue weighted by Crippen LogP contribution is 2.36. The van der Waals surface area contributed by atoms with Crippen LogP contribution in [0.5, 0.6) is 5.75 Å². The first kappa shape index (κ1) is 17.9. The van der Waals surface area contributed by atoms with Gasteiger partial charge in [0.25, 0.3) is 0 Å². The third kappa shape index (κ3) is 2.86. The molecule has 0 aliphatic carbocycles. The zero-order valence-electron chi connectivity index (χ0n) is 15.5. The summed E-state index contributed by atoms with van der Waals surface area (Å²) in [6, 6.07) is 20.7. The lowest BCUT2D eigenvalue weighted by atomic mass is 9.92. The summed E-state index contributed by atoms with van der Waals surface area (Å²) in [5.41, 5.74) is -0.160. The van der Waals surface area contributed by atoms with Crippen LogP contribution in [0.2, 0.25) is 0 Å². The molecule has 0 fully saturated rings. The maximum atomic E-state index is 11.1. The van der Waals surface area contributed by atoms with Gasteiger partial charge in [-0.2, -0.15) is 0 Å². The number of aromatic carboxylic acids is 2. The first-order valence-corrected chi connectivity index (χ1v) is 9.24. The van der Waals surface area contributed by atoms with Gasteiger partial charge in [-0.3, -0.25) is 0 Å². The summed E-state index contributed by atoms with van der Waals surface area (Å²) in [5, 5.41) is 29.0. The van der Waals surface area contributed by atoms with Crippen molar-refractivity contribution in [1.82, 2.24) is 4.98 Å². The highest BCUT2D eigenvalue weighted by Gasteiger charge is 2.12. The maximum absolute atomic E-state index is 11.1. The molecule has 5 rings (SSSR count). The van der Waals surface area contributed by atoms with Gasteiger partial charge >= 0.3 is 0 Å². The fourth-order valence-corrected chi connectivity index (χ4v) is 3.88. The van der Waals surface area contributed by atoms with Crippen molar-refractivity contribution in [2.24, 2.45) is 0 Å². The van der Waals surface area contributed by atoms with Crippen molar-refractivity contribution < 1.29 is 24.5 Å². The van der Waals surface area contributed by atoms with E-state index in [1.54, 1.807) is 0 Å². The van der Waals surface area contributed by atoms with Gasteiger partial charge in [-0.05, 0) is 37.9 Å². The van der Waals surface area contributed by atoms with Gasteiger partial charge in [0.1, 0.15) is 12.4 Å². The van der Waals surface area contributed by atoms with E-state index in [2.05, 4.69) is 35.3 Å². The average molecular weight is 395 g/mol. The van der Waals surface area contributed by atoms with Gasteiger partial charge in [0.05, 0.1) is 23.3 Å². The van der Waals surface area contributed by atoms with Crippen LogP contribution in [-0.4, -0.2) is 16.9 Å². The van der Waals surface area contributed by atoms with Crippen LogP contribution >= 0.6 is 0 Å². The second-order valence-electron chi connectivity index (χ2n) is 7.02. The summed E-state index contributed by atoms with van der Waals surface area (Å²) in [5.74, 6) is -3.12. The van der Waals surface area contributed by atoms with E-state index in [4.69, 9.17) is 4.74 Å². The van der Waals surface area contributed by atoms with Crippen LogP contribution in [0.1, 0.15) is 26.5 Å². The fourth-order valence-electron chi connectivity index (χ4n) is 3.88. The molecule has 30 heavy (non-hydrogen) atoms. The number of carbonyl (C=O) groups excluding carboxylic acids is 2. The minimum atomic E-state index is -1.59. The lowest BCUT2D eigenvalue weighted by Gasteiger charge is -2.15. The van der Waals surface area contributed by atoms with Crippen molar-refractivity contribution in [3.63, 3.8) is 0 Å². The van der Waals surface area contributed by atoms with E-state index in [9.17, 15) is 19.8 Å². The third-order valence-electron chi connectivity index (χ3n) is 5.23. The molecule has 0 N–H and O–H groups in total. The summed E-state index contributed by atoms with van der Waals surface area (Å²) in [4.78, 5) is 25.7. The number of hydrogen-bond acceptors (Lipinski definition) is 6. The van der Waals surface area contributed by atoms with Gasteiger partial charge in [-0.25, -0.2) is 4.98 Å². The highest BCUT2D eigenvalue weighted by atomic mass is 16.5. The van der Waals surface area contributed by atoms with Crippen LogP contribution in [0.3, 0.4) is 0 Å². The fraction of sp³-hybridized carbons (Fsp3) is 0.0417. The molecule has 0 atom stereocenters. The molecule has 0 saturated heterocycles. The molecule has 6 heteroatoms. The predicted octanol–water partition coefficient (Wildman–Crippen LogP) is 2.29. The summed E-state index contributed by atoms with van der Waals surface area (Å²) >= 11 is 0. The predicted molar refractivity (Wildman–Crippen MR) is 107 cm³/mol. The highest BCUT2D eigenvalue weighted by molar-refractivity contribution is 6.23. The number of hydrogen-bond donors (Lipinski definition) is 0. The minimum absolute atomic E-state index is 0.0640. The molecule has 146 valence electrons. The first-order chi connectivity index (χ1) is 14.5. The van der Waals surface area contributed by atoms with Crippen LogP contribution < -0.4 is 14.9 Å². The Hall–Kier alpha value is -4.19. The Bertz CT molecular complexity index is 1410. The number of rotatable bonds is 5. The minimum Gasteiger partial charge on any atom is -0.543 e. The molecule has 4 aromatic carbocycles. The average Bonchev–Trinajstić information content (AvgIpc) is 2.76. The molecule has 5 aromatic rings. The summed E-state index contributed by atoms with van der Waals surface area (Å²) in [7, 11) is 0. The number of benzene rings is 4. The van der Waals surface area contributed by atoms with Gasteiger partial charge in [0, 0.05) is 12.1 Å². The quantitative estimate of drug-likeness (QED) is 0.423. The van der Waals surface area contributed by atoms with E-state index >= 15 is 0 Å². The summed E-state index contributed by atoms with van der Waals surface area (Å²) < 4.78 is 5.74. The van der Waals surface area contributed by atoms with Crippen LogP contribution in [-0.2, 0) is 6.61 Å². The van der Waals surface area contributed by atoms with Crippen LogP contribution in [0, 0.1) is 0 Å². The van der Waals surface area contributed by atoms with Crippen molar-refractivity contribution in [3.8, 4) is 5.75 Å². The molecule has 0 bridgehead atoms. The van der Waals surface area contributed by atoms with E-state index in [1.165, 1.54) is 5.39 Å². The first-order valence-electron chi connectivity index (χ1n) is 9.24. The Morgan fingerprint density at radius 1 is 0.767 bits per heavy atom. The Morgan fingerprint density at radius 2 is 1.33 bits per heavy atom. The molecular formula is C24H13NO5-2. The molecule has 0 unspecified atom stereocenters. The SMILES string of the molecule is O=C([O-])c1cc(OCc2ccc3ccc4cccc5ccc2c3c45)cc(C(=O)[O-])n1. The van der Waals surface area contributed by atoms with Crippen LogP contribution in [0.25, 0.3) is 32.3 Å². The molecule has 0 radical (unpaired) electrons. The number of carboxylic acids is 2. The standard InChI is InChI=1S/C24H15NO5/c26-23(27)19-10-17(11-20(25-19)24(28)29)30-12-16-7-6-15-5-4-13-2-1-3-14-8-9-18(16)22(15)21(13)14/h1-11H,12H2,(H,26,27)(H,28,29)/p-2. The van der Waals surface area contributed by atoms with Gasteiger partial charge in [0.15, 0.2) is 0 Å². The molecule has 0 aliphatic rings. The number of ether oxygens (including phenoxy) is 1. The third-order valence-corrected chi connectivity index (χ3v) is 5.23. The van der Waals surface area contributed by atoms with Gasteiger partial charge in [0.2, 0.25) is 0 Å². The van der Waals surface area contributed by atoms with Crippen LogP contribution in [0.15, 0.2) is 66.7 Å². The Kier molecular flexibility index (Phi) is 3.99. The molecule has 0 aliphatic heterocycles. The van der Waals surface area contributed by atoms with Crippen molar-refractivity contribution in [2.75, 3.05) is 0 Å². The number of carboxylic acid groups (broad SMARTS) is 2. The van der Waals surface area contributed by atoms with E-state index in [0.717, 1.165) is 44.6 Å². The number of carbonyl (C=O) groups is 2. The second kappa shape index (κ2) is 6.70. The number of nitrogens with zero attached hydrogens (tertiary/aromatic N) is 1. The molecule has 1 aromatic heterocycles. The van der Waals surface area contributed by atoms with Crippen molar-refractivity contribution >= 4 is 44.3 Å². The van der Waals surface area contributed by atoms with Gasteiger partial charge in [-0.1, -0.05) is 54.6 Å². The Balaban J connectivity index is 1.58. The largest absolute Gasteiger partial charge is 0.543 e. The molecule has 0 amide bonds. The molecular weight excluding hydrogens is 382 g/mol. The molecule has 1 heterocycles. The lowest BCUT2D eigenvalue weighted by molar-refractivity contribution is -0.255. The van der Waals surface area contributed by atoms with E-state index in [1.807, 2.05) is 24.3 Å². The molecule has 0 spiro atoms. The summed E-state index contributed by atoms with van der Waals surface area (Å²) in [6.07, 6.45) is 0. The molecule has 0 saturated carbocycles. The van der Waals surface area contributed by atoms with Crippen molar-refractivity contribution in [2.45, 2.75) is 6.61 Å². The van der Waals surface area contributed by atoms with Crippen LogP contribution in [0.4, 0.5) is 0 Å². The topological polar surface area (TPSA) is 102 Å². The van der Waals surface area contributed by atoms with E-state index in [0.29, 0.717) is 0 Å². The number of pyridine rings is 1. The maximum Gasteiger partial charge on any atom is 0.124 e. The number of aromatic nitrogens is 1. The van der Waals surface area contributed by atoms with E-state index in [-0.39, 0.29) is 12.4 Å². The molecule has 6 nitrogen and oxygen atoms in total. The smallest absolute Gasteiger partial charge is 0.124 e. The summed E-state index contributed by atoms with van der Waals surface area (Å²) in [6.45, 7) is 0.122. The lowest BCUT2D eigenvalue weighted by Crippen LogP contribution is -2.28. The normalized spacial score (nSPS) is 11.3. The monoisotopic (exact) mass is 395 g/mol. The van der Waals surface area contributed by atoms with Crippen molar-refractivity contribution in [1.29, 1.82) is 0 Å². The van der Waals surface area contributed by atoms with E-state index < -0.39 is 23.3 Å². The Labute approximate surface area is 170 Å².